The van der Waals surface area contributed by atoms with Crippen LogP contribution in [0, 0.1) is 0 Å². The number of hydrogen-bond donors (Lipinski definition) is 1. The van der Waals surface area contributed by atoms with Gasteiger partial charge in [0.25, 0.3) is 0 Å². The van der Waals surface area contributed by atoms with E-state index in [1.807, 2.05) is 18.4 Å². The predicted molar refractivity (Wildman–Crippen MR) is 183 cm³/mol. The number of para-hydroxylation sites is 1. The number of fused-ring (bicyclic) bond motifs is 3. The Morgan fingerprint density at radius 3 is 2.45 bits per heavy atom. The lowest BCUT2D eigenvalue weighted by Gasteiger charge is -2.21. The Morgan fingerprint density at radius 1 is 0.952 bits per heavy atom. The minimum Gasteiger partial charge on any atom is -0.359 e. The number of nitrogens with zero attached hydrogens (tertiary/aromatic N) is 1. The van der Waals surface area contributed by atoms with Crippen LogP contribution in [0.1, 0.15) is 68.6 Å². The maximum Gasteiger partial charge on any atom is 0.0837 e. The van der Waals surface area contributed by atoms with Gasteiger partial charge in [0.1, 0.15) is 0 Å². The van der Waals surface area contributed by atoms with Crippen LogP contribution in [0.15, 0.2) is 133 Å². The molecule has 0 amide bonds. The Morgan fingerprint density at radius 2 is 1.71 bits per heavy atom. The summed E-state index contributed by atoms with van der Waals surface area (Å²) in [6.07, 6.45) is 22.1. The fourth-order valence-corrected chi connectivity index (χ4v) is 6.67. The zero-order valence-electron chi connectivity index (χ0n) is 24.8. The van der Waals surface area contributed by atoms with E-state index >= 15 is 0 Å². The first-order valence-electron chi connectivity index (χ1n) is 15.3. The lowest BCUT2D eigenvalue weighted by Crippen LogP contribution is -2.15. The molecule has 6 rings (SSSR count). The third-order valence-electron chi connectivity index (χ3n) is 8.87. The molecule has 0 radical (unpaired) electrons. The summed E-state index contributed by atoms with van der Waals surface area (Å²) in [6.45, 7) is 8.24. The van der Waals surface area contributed by atoms with E-state index in [-0.39, 0.29) is 5.54 Å². The van der Waals surface area contributed by atoms with E-state index in [1.54, 1.807) is 6.08 Å². The molecule has 2 heteroatoms. The van der Waals surface area contributed by atoms with Crippen molar-refractivity contribution in [2.24, 2.45) is 4.99 Å². The van der Waals surface area contributed by atoms with Crippen molar-refractivity contribution in [2.45, 2.75) is 57.4 Å². The highest BCUT2D eigenvalue weighted by Gasteiger charge is 2.40. The van der Waals surface area contributed by atoms with E-state index in [2.05, 4.69) is 123 Å². The molecular weight excluding hydrogens is 508 g/mol. The predicted octanol–water partition coefficient (Wildman–Crippen LogP) is 11.0. The Bertz CT molecular complexity index is 1780. The molecule has 0 spiro atoms. The van der Waals surface area contributed by atoms with E-state index in [4.69, 9.17) is 4.99 Å². The van der Waals surface area contributed by atoms with Crippen LogP contribution in [0.3, 0.4) is 0 Å². The maximum atomic E-state index is 5.13. The Kier molecular flexibility index (Phi) is 8.06. The van der Waals surface area contributed by atoms with Crippen LogP contribution in [-0.4, -0.2) is 6.21 Å². The number of rotatable bonds is 9. The van der Waals surface area contributed by atoms with Crippen LogP contribution in [0.25, 0.3) is 27.1 Å². The van der Waals surface area contributed by atoms with E-state index in [0.29, 0.717) is 5.92 Å². The molecule has 4 aromatic carbocycles. The topological polar surface area (TPSA) is 24.4 Å². The Balaban J connectivity index is 1.30. The number of aliphatic imine (C=N–C) groups is 1. The van der Waals surface area contributed by atoms with Crippen molar-refractivity contribution in [2.75, 3.05) is 5.32 Å². The lowest BCUT2D eigenvalue weighted by atomic mass is 9.92. The smallest absolute Gasteiger partial charge is 0.0837 e. The molecule has 2 atom stereocenters. The number of benzene rings is 4. The maximum absolute atomic E-state index is 5.13. The van der Waals surface area contributed by atoms with Gasteiger partial charge in [0.2, 0.25) is 0 Å². The van der Waals surface area contributed by atoms with Crippen LogP contribution >= 0.6 is 0 Å². The molecule has 0 saturated carbocycles. The fraction of sp³-hybridized carbons (Fsp3) is 0.225. The number of allylic oxidation sites excluding steroid dienone is 9. The lowest BCUT2D eigenvalue weighted by molar-refractivity contribution is 0.444. The monoisotopic (exact) mass is 548 g/mol. The molecule has 2 aliphatic rings. The van der Waals surface area contributed by atoms with Crippen molar-refractivity contribution in [3.05, 3.63) is 144 Å². The zero-order valence-corrected chi connectivity index (χ0v) is 24.8. The van der Waals surface area contributed by atoms with Gasteiger partial charge in [0.05, 0.1) is 5.54 Å². The van der Waals surface area contributed by atoms with Gasteiger partial charge in [-0.25, -0.2) is 0 Å². The van der Waals surface area contributed by atoms with E-state index in [1.165, 1.54) is 55.2 Å². The molecule has 2 aliphatic carbocycles. The normalized spacial score (nSPS) is 20.5. The average molecular weight is 549 g/mol. The van der Waals surface area contributed by atoms with Crippen molar-refractivity contribution in [3.63, 3.8) is 0 Å². The van der Waals surface area contributed by atoms with Crippen molar-refractivity contribution in [1.29, 1.82) is 0 Å². The van der Waals surface area contributed by atoms with Gasteiger partial charge in [-0.3, -0.25) is 4.99 Å². The van der Waals surface area contributed by atoms with Gasteiger partial charge in [-0.1, -0.05) is 91.6 Å². The molecule has 1 N–H and O–H groups in total. The molecule has 0 aliphatic heterocycles. The Labute approximate surface area is 250 Å². The summed E-state index contributed by atoms with van der Waals surface area (Å²) >= 11 is 0. The SMILES string of the molecule is C=C/C=C\C=N\C1(C)CC(CC/C(=C\C)Nc2ccccc2C2=CCCC=C2)c2cc3cc4ccccc4cc3cc21. The van der Waals surface area contributed by atoms with Gasteiger partial charge in [-0.2, -0.15) is 0 Å². The summed E-state index contributed by atoms with van der Waals surface area (Å²) in [5.41, 5.74) is 7.56. The van der Waals surface area contributed by atoms with Gasteiger partial charge in [-0.15, -0.1) is 0 Å². The molecule has 2 nitrogen and oxygen atoms in total. The van der Waals surface area contributed by atoms with Gasteiger partial charge in [-0.05, 0) is 120 Å². The first kappa shape index (κ1) is 27.7. The van der Waals surface area contributed by atoms with Crippen LogP contribution in [-0.2, 0) is 5.54 Å². The largest absolute Gasteiger partial charge is 0.359 e. The van der Waals surface area contributed by atoms with Crippen molar-refractivity contribution in [3.8, 4) is 0 Å². The first-order valence-corrected chi connectivity index (χ1v) is 15.3. The molecule has 0 saturated heterocycles. The van der Waals surface area contributed by atoms with Crippen molar-refractivity contribution >= 4 is 39.0 Å². The van der Waals surface area contributed by atoms with Crippen LogP contribution in [0.4, 0.5) is 5.69 Å². The minimum atomic E-state index is -0.263. The Hall–Kier alpha value is -4.43. The molecule has 210 valence electrons. The summed E-state index contributed by atoms with van der Waals surface area (Å²) in [6, 6.07) is 26.9. The zero-order chi connectivity index (χ0) is 28.9. The molecule has 0 heterocycles. The second-order valence-corrected chi connectivity index (χ2v) is 11.7. The second kappa shape index (κ2) is 12.2. The second-order valence-electron chi connectivity index (χ2n) is 11.7. The molecule has 42 heavy (non-hydrogen) atoms. The summed E-state index contributed by atoms with van der Waals surface area (Å²) in [4.78, 5) is 5.13. The van der Waals surface area contributed by atoms with Gasteiger partial charge < -0.3 is 5.32 Å². The van der Waals surface area contributed by atoms with E-state index in [9.17, 15) is 0 Å². The first-order chi connectivity index (χ1) is 20.6. The number of anilines is 1. The number of hydrogen-bond acceptors (Lipinski definition) is 2. The van der Waals surface area contributed by atoms with Crippen molar-refractivity contribution < 1.29 is 0 Å². The standard InChI is InChI=1S/C40H40N2/c1-4-6-14-23-41-40(3)28-32(37-26-33-24-30-17-10-11-18-31(30)25-34(33)27-38(37)40)21-22-35(5-2)42-39-20-13-12-19-36(39)29-15-8-7-9-16-29/h4-6,8,10-20,23-27,32,42H,1,7,9,21-22,28H2,2-3H3/b14-6-,35-5+,41-23+. The summed E-state index contributed by atoms with van der Waals surface area (Å²) in [7, 11) is 0. The summed E-state index contributed by atoms with van der Waals surface area (Å²) < 4.78 is 0. The quantitative estimate of drug-likeness (QED) is 0.126. The van der Waals surface area contributed by atoms with Crippen LogP contribution in [0.2, 0.25) is 0 Å². The van der Waals surface area contributed by atoms with E-state index < -0.39 is 0 Å². The third kappa shape index (κ3) is 5.67. The highest BCUT2D eigenvalue weighted by Crippen LogP contribution is 2.50. The highest BCUT2D eigenvalue weighted by molar-refractivity contribution is 5.99. The summed E-state index contributed by atoms with van der Waals surface area (Å²) in [5.74, 6) is 0.428. The van der Waals surface area contributed by atoms with Crippen LogP contribution < -0.4 is 5.32 Å². The molecule has 0 fully saturated rings. The molecule has 4 aromatic rings. The van der Waals surface area contributed by atoms with Gasteiger partial charge in [0, 0.05) is 23.2 Å². The van der Waals surface area contributed by atoms with Gasteiger partial charge in [0.15, 0.2) is 0 Å². The molecular formula is C40H40N2. The highest BCUT2D eigenvalue weighted by atomic mass is 14.9. The fourth-order valence-electron chi connectivity index (χ4n) is 6.67. The third-order valence-corrected chi connectivity index (χ3v) is 8.87. The number of nitrogens with one attached hydrogen (secondary N) is 1. The minimum absolute atomic E-state index is 0.263. The molecule has 2 unspecified atom stereocenters. The molecule has 0 bridgehead atoms. The average Bonchev–Trinajstić information content (AvgIpc) is 3.30. The van der Waals surface area contributed by atoms with Gasteiger partial charge >= 0.3 is 0 Å². The van der Waals surface area contributed by atoms with Crippen LogP contribution in [0.5, 0.6) is 0 Å². The molecule has 0 aromatic heterocycles. The van der Waals surface area contributed by atoms with E-state index in [0.717, 1.165) is 32.1 Å². The van der Waals surface area contributed by atoms with Crippen molar-refractivity contribution in [1.82, 2.24) is 0 Å². The summed E-state index contributed by atoms with van der Waals surface area (Å²) in [5, 5.41) is 8.96.